The van der Waals surface area contributed by atoms with Gasteiger partial charge in [0.1, 0.15) is 128 Å². The van der Waals surface area contributed by atoms with Crippen LogP contribution in [0.4, 0.5) is 0 Å². The van der Waals surface area contributed by atoms with E-state index >= 15 is 0 Å². The highest BCUT2D eigenvalue weighted by molar-refractivity contribution is 7.45. The third kappa shape index (κ3) is 28.6. The molecule has 590 valence electrons. The van der Waals surface area contributed by atoms with Crippen LogP contribution in [0, 0.1) is 0 Å². The number of aliphatic hydroxyl groups is 16. The first-order chi connectivity index (χ1) is 47.9. The SMILES string of the molecule is CCCCCCCCCCCCCCCCCCOC[C@@H](O)COP(=O)([O-])O[C@@H]1[C@H](OC(=O)CCCCCCCCCCCCCCC)[C@H](O)[C@@H](O)[C@H](O)[C@H]1O[C@H]1O[C@H](CO)[C@@H](O[C@H]2O[C@H](CO[C@H]3O[C@H](CO)[C@@H](O)[C@H](O)[C@@H]3O[C@H]3O[C@H](CO)[C@@H](O)[C@H](O)[C@@H]3O)[C@@H](O)[C@H](O)[C@@H]2O)[C@H](O)[C@H]1[NH3+]. The van der Waals surface area contributed by atoms with Crippen LogP contribution in [0.15, 0.2) is 0 Å². The molecule has 0 amide bonds. The highest BCUT2D eigenvalue weighted by atomic mass is 31.2. The number of carbonyl (C=O) groups excluding carboxylic acids is 1. The first-order valence-electron chi connectivity index (χ1n) is 37.1. The van der Waals surface area contributed by atoms with Crippen molar-refractivity contribution in [2.45, 2.75) is 372 Å². The molecule has 5 aliphatic rings. The van der Waals surface area contributed by atoms with Gasteiger partial charge in [-0.1, -0.05) is 187 Å². The van der Waals surface area contributed by atoms with Crippen molar-refractivity contribution in [1.82, 2.24) is 0 Å². The van der Waals surface area contributed by atoms with Crippen LogP contribution in [0.1, 0.15) is 206 Å². The van der Waals surface area contributed by atoms with Gasteiger partial charge in [0.25, 0.3) is 7.82 Å². The molecule has 32 nitrogen and oxygen atoms in total. The van der Waals surface area contributed by atoms with E-state index in [0.29, 0.717) is 19.3 Å². The van der Waals surface area contributed by atoms with E-state index in [1.165, 1.54) is 109 Å². The van der Waals surface area contributed by atoms with E-state index in [-0.39, 0.29) is 19.6 Å². The van der Waals surface area contributed by atoms with Gasteiger partial charge in [-0.25, -0.2) is 0 Å². The van der Waals surface area contributed by atoms with Crippen molar-refractivity contribution in [3.63, 3.8) is 0 Å². The van der Waals surface area contributed by atoms with Gasteiger partial charge in [0.2, 0.25) is 6.29 Å². The molecule has 1 aliphatic carbocycles. The number of hydrogen-bond acceptors (Lipinski definition) is 31. The van der Waals surface area contributed by atoms with Gasteiger partial charge in [-0.3, -0.25) is 9.36 Å². The van der Waals surface area contributed by atoms with E-state index in [2.05, 4.69) is 19.6 Å². The summed E-state index contributed by atoms with van der Waals surface area (Å²) in [6, 6.07) is -1.62. The number of aliphatic hydroxyl groups excluding tert-OH is 16. The molecule has 0 aromatic heterocycles. The van der Waals surface area contributed by atoms with Crippen molar-refractivity contribution in [3.05, 3.63) is 0 Å². The fourth-order valence-corrected chi connectivity index (χ4v) is 14.2. The molecule has 4 heterocycles. The number of unbranched alkanes of at least 4 members (excludes halogenated alkanes) is 27. The molecule has 4 saturated heterocycles. The number of esters is 1. The number of phosphoric ester groups is 1. The summed E-state index contributed by atoms with van der Waals surface area (Å²) in [7, 11) is -5.70. The van der Waals surface area contributed by atoms with Gasteiger partial charge < -0.3 is 149 Å². The fraction of sp³-hybridized carbons (Fsp3) is 0.985. The molecule has 1 unspecified atom stereocenters. The standard InChI is InChI=1S/C67H126NO31P/c1-3-5-7-9-11-13-15-17-18-19-21-23-25-27-29-31-33-88-37-40(72)38-90-100(86,87)99-63-60(95-45(73)32-30-28-26-24-22-20-16-14-12-10-8-6-4-2)55(82)53(80)56(83)61(63)97-64-46(68)50(77)59(43(36-71)93-64)96-66-58(85)52(79)49(76)44(94-66)39-89-67-62(54(81)48(75)42(35-70)92-67)98-65-57(84)51(78)47(74)41(34-69)91-65/h40-44,46-67,69-72,74-85H,3-39,68H2,1-2H3,(H,86,87)/t40-,41-,42-,43-,44-,46-,47-,48-,49-,50-,51+,52+,53-,54+,55-,56+,57+,58+,59-,60-,61-,62+,63-,64-,65-,66-,67+/m1/s1. The van der Waals surface area contributed by atoms with Crippen LogP contribution in [-0.4, -0.2) is 299 Å². The quantitative estimate of drug-likeness (QED) is 0.0195. The van der Waals surface area contributed by atoms with Gasteiger partial charge in [-0.05, 0) is 12.8 Å². The maximum Gasteiger partial charge on any atom is 0.306 e. The van der Waals surface area contributed by atoms with Gasteiger partial charge in [-0.2, -0.15) is 0 Å². The Balaban J connectivity index is 1.21. The molecule has 19 N–H and O–H groups in total. The van der Waals surface area contributed by atoms with Crippen molar-refractivity contribution in [2.75, 3.05) is 46.2 Å². The Morgan fingerprint density at radius 3 is 1.29 bits per heavy atom. The van der Waals surface area contributed by atoms with E-state index in [0.717, 1.165) is 57.8 Å². The Labute approximate surface area is 588 Å². The minimum Gasteiger partial charge on any atom is -0.756 e. The summed E-state index contributed by atoms with van der Waals surface area (Å²) >= 11 is 0. The zero-order chi connectivity index (χ0) is 73.3. The number of rotatable bonds is 51. The highest BCUT2D eigenvalue weighted by Gasteiger charge is 2.59. The first kappa shape index (κ1) is 89.2. The number of ether oxygens (including phenoxy) is 10. The Kier molecular flexibility index (Phi) is 42.8. The lowest BCUT2D eigenvalue weighted by atomic mass is 9.84. The van der Waals surface area contributed by atoms with E-state index in [1.807, 2.05) is 0 Å². The largest absolute Gasteiger partial charge is 0.756 e. The first-order valence-corrected chi connectivity index (χ1v) is 38.5. The Morgan fingerprint density at radius 2 is 0.800 bits per heavy atom. The molecule has 33 heteroatoms. The second-order valence-electron chi connectivity index (χ2n) is 27.7. The lowest BCUT2D eigenvalue weighted by Gasteiger charge is -2.49. The third-order valence-electron chi connectivity index (χ3n) is 19.5. The smallest absolute Gasteiger partial charge is 0.306 e. The molecule has 1 saturated carbocycles. The number of carbonyl (C=O) groups is 1. The van der Waals surface area contributed by atoms with Crippen molar-refractivity contribution >= 4 is 13.8 Å². The Bertz CT molecular complexity index is 2190. The zero-order valence-electron chi connectivity index (χ0n) is 58.7. The maximum atomic E-state index is 13.8. The molecule has 5 rings (SSSR count). The number of quaternary nitrogens is 1. The van der Waals surface area contributed by atoms with Crippen LogP contribution in [0.25, 0.3) is 0 Å². The van der Waals surface area contributed by atoms with E-state index in [4.69, 9.17) is 56.4 Å². The molecule has 0 aromatic carbocycles. The van der Waals surface area contributed by atoms with Crippen LogP contribution in [0.3, 0.4) is 0 Å². The third-order valence-corrected chi connectivity index (χ3v) is 20.5. The van der Waals surface area contributed by atoms with E-state index in [1.54, 1.807) is 0 Å². The van der Waals surface area contributed by atoms with E-state index < -0.39 is 212 Å². The molecule has 5 fully saturated rings. The zero-order valence-corrected chi connectivity index (χ0v) is 59.6. The van der Waals surface area contributed by atoms with Crippen molar-refractivity contribution in [3.8, 4) is 0 Å². The predicted molar refractivity (Wildman–Crippen MR) is 350 cm³/mol. The second kappa shape index (κ2) is 48.1. The van der Waals surface area contributed by atoms with Crippen LogP contribution in [0.2, 0.25) is 0 Å². The van der Waals surface area contributed by atoms with Gasteiger partial charge in [0.15, 0.2) is 31.0 Å². The van der Waals surface area contributed by atoms with Crippen molar-refractivity contribution < 1.29 is 158 Å². The van der Waals surface area contributed by atoms with Gasteiger partial charge in [-0.15, -0.1) is 0 Å². The Morgan fingerprint density at radius 1 is 0.420 bits per heavy atom. The van der Waals surface area contributed by atoms with Crippen LogP contribution >= 0.6 is 7.82 Å². The normalized spacial score (nSPS) is 36.7. The number of phosphoric acid groups is 1. The minimum absolute atomic E-state index is 0.213. The minimum atomic E-state index is -5.70. The summed E-state index contributed by atoms with van der Waals surface area (Å²) in [6.45, 7) is -0.203. The van der Waals surface area contributed by atoms with Gasteiger partial charge >= 0.3 is 5.97 Å². The molecular weight excluding hydrogens is 1350 g/mol. The Hall–Kier alpha value is -1.46. The van der Waals surface area contributed by atoms with Crippen LogP contribution < -0.4 is 10.6 Å². The summed E-state index contributed by atoms with van der Waals surface area (Å²) in [6.07, 6.45) is -18.5. The fourth-order valence-electron chi connectivity index (χ4n) is 13.2. The van der Waals surface area contributed by atoms with E-state index in [9.17, 15) is 96.0 Å². The maximum absolute atomic E-state index is 13.8. The molecule has 0 spiro atoms. The second-order valence-corrected chi connectivity index (χ2v) is 29.1. The molecule has 0 bridgehead atoms. The topological polar surface area (TPSA) is 519 Å². The molecular formula is C67H126NO31P. The van der Waals surface area contributed by atoms with Gasteiger partial charge in [0.05, 0.1) is 39.6 Å². The molecule has 100 heavy (non-hydrogen) atoms. The molecule has 4 aliphatic heterocycles. The predicted octanol–water partition coefficient (Wildman–Crippen LogP) is -1.11. The molecule has 0 radical (unpaired) electrons. The van der Waals surface area contributed by atoms with Crippen molar-refractivity contribution in [1.29, 1.82) is 0 Å². The summed E-state index contributed by atoms with van der Waals surface area (Å²) in [4.78, 5) is 27.4. The summed E-state index contributed by atoms with van der Waals surface area (Å²) < 4.78 is 81.8. The summed E-state index contributed by atoms with van der Waals surface area (Å²) in [5.74, 6) is -0.943. The monoisotopic (exact) mass is 1470 g/mol. The molecule has 28 atom stereocenters. The van der Waals surface area contributed by atoms with Crippen LogP contribution in [-0.2, 0) is 65.8 Å². The van der Waals surface area contributed by atoms with Gasteiger partial charge in [0, 0.05) is 13.0 Å². The average Bonchev–Trinajstić information content (AvgIpc) is 0.772. The average molecular weight is 1470 g/mol. The molecule has 0 aromatic rings. The summed E-state index contributed by atoms with van der Waals surface area (Å²) in [5.41, 5.74) is 3.89. The highest BCUT2D eigenvalue weighted by Crippen LogP contribution is 2.45. The lowest BCUT2D eigenvalue weighted by Crippen LogP contribution is -2.79. The van der Waals surface area contributed by atoms with Crippen LogP contribution in [0.5, 0.6) is 0 Å². The summed E-state index contributed by atoms with van der Waals surface area (Å²) in [5, 5.41) is 174. The number of hydrogen-bond donors (Lipinski definition) is 17. The van der Waals surface area contributed by atoms with Crippen molar-refractivity contribution in [2.24, 2.45) is 0 Å². The lowest BCUT2D eigenvalue weighted by molar-refractivity contribution is -0.511.